The Bertz CT molecular complexity index is 715. The van der Waals surface area contributed by atoms with Gasteiger partial charge in [0.1, 0.15) is 5.82 Å². The number of rotatable bonds is 4. The first kappa shape index (κ1) is 13.4. The van der Waals surface area contributed by atoms with Crippen LogP contribution in [0.4, 0.5) is 15.8 Å². The summed E-state index contributed by atoms with van der Waals surface area (Å²) < 4.78 is 13.8. The zero-order valence-corrected chi connectivity index (χ0v) is 11.3. The van der Waals surface area contributed by atoms with Gasteiger partial charge >= 0.3 is 5.97 Å². The second-order valence-corrected chi connectivity index (χ2v) is 5.21. The minimum Gasteiger partial charge on any atom is -0.478 e. The largest absolute Gasteiger partial charge is 0.478 e. The summed E-state index contributed by atoms with van der Waals surface area (Å²) in [5.74, 6) is -1.37. The number of fused-ring (bicyclic) bond motifs is 1. The van der Waals surface area contributed by atoms with E-state index in [1.54, 1.807) is 0 Å². The number of nitrogens with one attached hydrogen (secondary N) is 1. The molecule has 0 aliphatic heterocycles. The quantitative estimate of drug-likeness (QED) is 0.755. The molecule has 0 aromatic heterocycles. The van der Waals surface area contributed by atoms with Crippen molar-refractivity contribution in [2.45, 2.75) is 12.3 Å². The number of carbonyl (C=O) groups is 1. The zero-order chi connectivity index (χ0) is 15.0. The maximum atomic E-state index is 13.8. The molecule has 0 amide bonds. The molecule has 21 heavy (non-hydrogen) atoms. The van der Waals surface area contributed by atoms with Crippen molar-refractivity contribution in [3.63, 3.8) is 0 Å². The molecule has 0 fully saturated rings. The number of halogens is 1. The molecule has 1 atom stereocenters. The van der Waals surface area contributed by atoms with Crippen molar-refractivity contribution in [3.8, 4) is 0 Å². The number of carboxylic acids is 1. The molecule has 0 spiro atoms. The van der Waals surface area contributed by atoms with Crippen molar-refractivity contribution in [3.05, 3.63) is 58.9 Å². The van der Waals surface area contributed by atoms with Gasteiger partial charge in [-0.1, -0.05) is 24.3 Å². The van der Waals surface area contributed by atoms with Crippen LogP contribution in [0, 0.1) is 5.82 Å². The van der Waals surface area contributed by atoms with Crippen LogP contribution >= 0.6 is 0 Å². The van der Waals surface area contributed by atoms with Gasteiger partial charge in [0.15, 0.2) is 0 Å². The van der Waals surface area contributed by atoms with Gasteiger partial charge in [-0.25, -0.2) is 9.18 Å². The van der Waals surface area contributed by atoms with Gasteiger partial charge in [-0.2, -0.15) is 0 Å². The first-order valence-corrected chi connectivity index (χ1v) is 6.70. The molecular weight excluding hydrogens is 271 g/mol. The van der Waals surface area contributed by atoms with Crippen molar-refractivity contribution < 1.29 is 14.3 Å². The van der Waals surface area contributed by atoms with Crippen molar-refractivity contribution in [1.29, 1.82) is 0 Å². The number of anilines is 2. The van der Waals surface area contributed by atoms with Gasteiger partial charge in [0.2, 0.25) is 0 Å². The average molecular weight is 286 g/mol. The standard InChI is InChI=1S/C16H15FN2O2/c17-13-7-14(18)12(16(20)21)6-15(13)19-8-10-5-9-3-1-2-4-11(9)10/h1-4,6-7,10,19H,5,8,18H2,(H,20,21). The van der Waals surface area contributed by atoms with E-state index in [-0.39, 0.29) is 16.9 Å². The van der Waals surface area contributed by atoms with E-state index in [2.05, 4.69) is 17.4 Å². The molecule has 0 bridgehead atoms. The van der Waals surface area contributed by atoms with Gasteiger partial charge < -0.3 is 16.2 Å². The highest BCUT2D eigenvalue weighted by molar-refractivity contribution is 5.94. The molecule has 3 rings (SSSR count). The topological polar surface area (TPSA) is 75.3 Å². The molecule has 0 saturated heterocycles. The fourth-order valence-corrected chi connectivity index (χ4v) is 2.69. The van der Waals surface area contributed by atoms with E-state index < -0.39 is 11.8 Å². The summed E-state index contributed by atoms with van der Waals surface area (Å²) in [7, 11) is 0. The molecular formula is C16H15FN2O2. The van der Waals surface area contributed by atoms with Crippen molar-refractivity contribution in [1.82, 2.24) is 0 Å². The number of nitrogen functional groups attached to an aromatic ring is 1. The van der Waals surface area contributed by atoms with Crippen LogP contribution in [0.2, 0.25) is 0 Å². The maximum absolute atomic E-state index is 13.8. The van der Waals surface area contributed by atoms with Crippen molar-refractivity contribution >= 4 is 17.3 Å². The number of benzene rings is 2. The second kappa shape index (κ2) is 5.09. The van der Waals surface area contributed by atoms with Crippen LogP contribution in [0.15, 0.2) is 36.4 Å². The first-order chi connectivity index (χ1) is 10.1. The van der Waals surface area contributed by atoms with E-state index in [1.807, 2.05) is 12.1 Å². The predicted octanol–water partition coefficient (Wildman–Crippen LogP) is 2.86. The lowest BCUT2D eigenvalue weighted by Gasteiger charge is -2.30. The summed E-state index contributed by atoms with van der Waals surface area (Å²) in [6.07, 6.45) is 0.950. The Kier molecular flexibility index (Phi) is 3.25. The van der Waals surface area contributed by atoms with Crippen molar-refractivity contribution in [2.24, 2.45) is 0 Å². The molecule has 1 unspecified atom stereocenters. The molecule has 0 saturated carbocycles. The Labute approximate surface area is 121 Å². The van der Waals surface area contributed by atoms with Crippen LogP contribution in [0.3, 0.4) is 0 Å². The molecule has 4 nitrogen and oxygen atoms in total. The highest BCUT2D eigenvalue weighted by Crippen LogP contribution is 2.35. The van der Waals surface area contributed by atoms with Crippen LogP contribution < -0.4 is 11.1 Å². The Hall–Kier alpha value is -2.56. The van der Waals surface area contributed by atoms with Gasteiger partial charge in [-0.15, -0.1) is 0 Å². The normalized spacial score (nSPS) is 16.0. The molecule has 2 aromatic carbocycles. The van der Waals surface area contributed by atoms with E-state index in [4.69, 9.17) is 10.8 Å². The molecule has 1 aliphatic carbocycles. The molecule has 1 aliphatic rings. The third kappa shape index (κ3) is 2.42. The monoisotopic (exact) mass is 286 g/mol. The third-order valence-corrected chi connectivity index (χ3v) is 3.87. The summed E-state index contributed by atoms with van der Waals surface area (Å²) in [6.45, 7) is 0.566. The van der Waals surface area contributed by atoms with Crippen molar-refractivity contribution in [2.75, 3.05) is 17.6 Å². The highest BCUT2D eigenvalue weighted by atomic mass is 19.1. The van der Waals surface area contributed by atoms with Crippen LogP contribution in [0.1, 0.15) is 27.4 Å². The van der Waals surface area contributed by atoms with Crippen LogP contribution in [0.25, 0.3) is 0 Å². The molecule has 5 heteroatoms. The van der Waals surface area contributed by atoms with E-state index in [0.29, 0.717) is 12.5 Å². The molecule has 0 heterocycles. The summed E-state index contributed by atoms with van der Waals surface area (Å²) in [5.41, 5.74) is 8.09. The summed E-state index contributed by atoms with van der Waals surface area (Å²) in [6, 6.07) is 10.4. The van der Waals surface area contributed by atoms with Gasteiger partial charge in [0.05, 0.1) is 11.3 Å². The lowest BCUT2D eigenvalue weighted by Crippen LogP contribution is -2.24. The Balaban J connectivity index is 1.75. The number of hydrogen-bond acceptors (Lipinski definition) is 3. The van der Waals surface area contributed by atoms with Gasteiger partial charge in [-0.3, -0.25) is 0 Å². The maximum Gasteiger partial charge on any atom is 0.337 e. The average Bonchev–Trinajstić information content (AvgIpc) is 2.41. The zero-order valence-electron chi connectivity index (χ0n) is 11.3. The number of carboxylic acid groups (broad SMARTS) is 1. The second-order valence-electron chi connectivity index (χ2n) is 5.21. The van der Waals surface area contributed by atoms with Crippen LogP contribution in [0.5, 0.6) is 0 Å². The molecule has 2 aromatic rings. The number of aromatic carboxylic acids is 1. The Morgan fingerprint density at radius 3 is 2.86 bits per heavy atom. The molecule has 108 valence electrons. The van der Waals surface area contributed by atoms with Crippen LogP contribution in [-0.2, 0) is 6.42 Å². The smallest absolute Gasteiger partial charge is 0.337 e. The van der Waals surface area contributed by atoms with Gasteiger partial charge in [0, 0.05) is 18.2 Å². The van der Waals surface area contributed by atoms with E-state index >= 15 is 0 Å². The van der Waals surface area contributed by atoms with E-state index in [9.17, 15) is 9.18 Å². The lowest BCUT2D eigenvalue weighted by molar-refractivity contribution is 0.0698. The number of nitrogens with two attached hydrogens (primary N) is 1. The highest BCUT2D eigenvalue weighted by Gasteiger charge is 2.25. The summed E-state index contributed by atoms with van der Waals surface area (Å²) >= 11 is 0. The van der Waals surface area contributed by atoms with Gasteiger partial charge in [-0.05, 0) is 29.7 Å². The fraction of sp³-hybridized carbons (Fsp3) is 0.188. The molecule has 4 N–H and O–H groups in total. The van der Waals surface area contributed by atoms with Gasteiger partial charge in [0.25, 0.3) is 0 Å². The minimum absolute atomic E-state index is 0.0699. The lowest BCUT2D eigenvalue weighted by atomic mass is 9.77. The van der Waals surface area contributed by atoms with Crippen LogP contribution in [-0.4, -0.2) is 17.6 Å². The van der Waals surface area contributed by atoms with E-state index in [1.165, 1.54) is 17.2 Å². The first-order valence-electron chi connectivity index (χ1n) is 6.70. The SMILES string of the molecule is Nc1cc(F)c(NCC2Cc3ccccc32)cc1C(=O)O. The molecule has 0 radical (unpaired) electrons. The third-order valence-electron chi connectivity index (χ3n) is 3.87. The Morgan fingerprint density at radius 1 is 1.38 bits per heavy atom. The van der Waals surface area contributed by atoms with E-state index in [0.717, 1.165) is 12.5 Å². The predicted molar refractivity (Wildman–Crippen MR) is 79.1 cm³/mol. The summed E-state index contributed by atoms with van der Waals surface area (Å²) in [4.78, 5) is 11.0. The fourth-order valence-electron chi connectivity index (χ4n) is 2.69. The Morgan fingerprint density at radius 2 is 2.14 bits per heavy atom. The number of hydrogen-bond donors (Lipinski definition) is 3. The minimum atomic E-state index is -1.16. The summed E-state index contributed by atoms with van der Waals surface area (Å²) in [5, 5.41) is 12.0.